The molecule has 1 heterocycles. The first-order valence-corrected chi connectivity index (χ1v) is 6.03. The normalized spacial score (nSPS) is 16.3. The lowest BCUT2D eigenvalue weighted by Gasteiger charge is -2.20. The molecule has 1 nitrogen and oxygen atoms in total. The van der Waals surface area contributed by atoms with Gasteiger partial charge in [0.25, 0.3) is 0 Å². The third-order valence-corrected chi connectivity index (χ3v) is 3.24. The molecule has 0 amide bonds. The number of benzene rings is 1. The quantitative estimate of drug-likeness (QED) is 0.735. The Morgan fingerprint density at radius 1 is 1.29 bits per heavy atom. The summed E-state index contributed by atoms with van der Waals surface area (Å²) in [6, 6.07) is 5.04. The monoisotopic (exact) mass is 257 g/mol. The fourth-order valence-corrected chi connectivity index (χ4v) is 2.38. The zero-order chi connectivity index (χ0) is 9.97. The summed E-state index contributed by atoms with van der Waals surface area (Å²) in [6.07, 6.45) is 2.50. The second kappa shape index (κ2) is 4.30. The van der Waals surface area contributed by atoms with Crippen LogP contribution in [0.3, 0.4) is 0 Å². The average molecular weight is 258 g/mol. The molecule has 0 atom stereocenters. The molecule has 1 aliphatic rings. The molecule has 2 rings (SSSR count). The molecule has 1 aromatic carbocycles. The molecule has 0 unspecified atom stereocenters. The third-order valence-electron chi connectivity index (χ3n) is 2.63. The maximum Gasteiger partial charge on any atom is 0.123 e. The number of alkyl halides is 1. The molecule has 1 saturated heterocycles. The van der Waals surface area contributed by atoms with Crippen molar-refractivity contribution in [2.75, 3.05) is 18.0 Å². The Bertz CT molecular complexity index is 321. The Labute approximate surface area is 92.0 Å². The summed E-state index contributed by atoms with van der Waals surface area (Å²) in [5.41, 5.74) is 2.23. The maximum absolute atomic E-state index is 13.0. The van der Waals surface area contributed by atoms with E-state index in [4.69, 9.17) is 0 Å². The standard InChI is InChI=1S/C11H13BrFN/c12-8-9-7-10(13)3-4-11(9)14-5-1-2-6-14/h3-4,7H,1-2,5-6,8H2. The lowest BCUT2D eigenvalue weighted by Crippen LogP contribution is -2.19. The summed E-state index contributed by atoms with van der Waals surface area (Å²) in [5, 5.41) is 0.719. The molecule has 1 aromatic rings. The number of halogens is 2. The van der Waals surface area contributed by atoms with Crippen molar-refractivity contribution in [3.63, 3.8) is 0 Å². The first kappa shape index (κ1) is 9.97. The van der Waals surface area contributed by atoms with E-state index in [1.165, 1.54) is 18.5 Å². The van der Waals surface area contributed by atoms with Crippen molar-refractivity contribution in [1.82, 2.24) is 0 Å². The van der Waals surface area contributed by atoms with Gasteiger partial charge < -0.3 is 4.90 Å². The van der Waals surface area contributed by atoms with Crippen LogP contribution in [0.25, 0.3) is 0 Å². The highest BCUT2D eigenvalue weighted by Gasteiger charge is 2.15. The Morgan fingerprint density at radius 2 is 2.00 bits per heavy atom. The van der Waals surface area contributed by atoms with Crippen LogP contribution >= 0.6 is 15.9 Å². The maximum atomic E-state index is 13.0. The van der Waals surface area contributed by atoms with Crippen LogP contribution in [0.1, 0.15) is 18.4 Å². The van der Waals surface area contributed by atoms with Gasteiger partial charge in [-0.1, -0.05) is 15.9 Å². The van der Waals surface area contributed by atoms with Gasteiger partial charge in [0, 0.05) is 24.1 Å². The van der Waals surface area contributed by atoms with Gasteiger partial charge in [0.2, 0.25) is 0 Å². The van der Waals surface area contributed by atoms with Crippen LogP contribution in [-0.4, -0.2) is 13.1 Å². The van der Waals surface area contributed by atoms with Crippen molar-refractivity contribution in [3.05, 3.63) is 29.6 Å². The van der Waals surface area contributed by atoms with Gasteiger partial charge in [0.15, 0.2) is 0 Å². The smallest absolute Gasteiger partial charge is 0.123 e. The first-order chi connectivity index (χ1) is 6.81. The van der Waals surface area contributed by atoms with Crippen LogP contribution in [-0.2, 0) is 5.33 Å². The van der Waals surface area contributed by atoms with Gasteiger partial charge in [-0.2, -0.15) is 0 Å². The van der Waals surface area contributed by atoms with E-state index in [0.717, 1.165) is 24.0 Å². The number of hydrogen-bond acceptors (Lipinski definition) is 1. The Hall–Kier alpha value is -0.570. The molecule has 14 heavy (non-hydrogen) atoms. The zero-order valence-corrected chi connectivity index (χ0v) is 9.56. The Balaban J connectivity index is 2.31. The van der Waals surface area contributed by atoms with E-state index in [9.17, 15) is 4.39 Å². The SMILES string of the molecule is Fc1ccc(N2CCCC2)c(CBr)c1. The van der Waals surface area contributed by atoms with E-state index in [0.29, 0.717) is 0 Å². The lowest BCUT2D eigenvalue weighted by molar-refractivity contribution is 0.626. The summed E-state index contributed by atoms with van der Waals surface area (Å²) < 4.78 is 13.0. The molecule has 1 aliphatic heterocycles. The van der Waals surface area contributed by atoms with Crippen LogP contribution in [0.5, 0.6) is 0 Å². The summed E-state index contributed by atoms with van der Waals surface area (Å²) in [7, 11) is 0. The summed E-state index contributed by atoms with van der Waals surface area (Å²) in [4.78, 5) is 2.33. The average Bonchev–Trinajstić information content (AvgIpc) is 2.70. The van der Waals surface area contributed by atoms with Crippen LogP contribution in [0.15, 0.2) is 18.2 Å². The number of hydrogen-bond donors (Lipinski definition) is 0. The molecule has 76 valence electrons. The van der Waals surface area contributed by atoms with E-state index < -0.39 is 0 Å². The van der Waals surface area contributed by atoms with Gasteiger partial charge in [-0.25, -0.2) is 4.39 Å². The van der Waals surface area contributed by atoms with Crippen molar-refractivity contribution in [2.24, 2.45) is 0 Å². The van der Waals surface area contributed by atoms with E-state index in [2.05, 4.69) is 20.8 Å². The van der Waals surface area contributed by atoms with E-state index in [1.54, 1.807) is 12.1 Å². The highest BCUT2D eigenvalue weighted by Crippen LogP contribution is 2.26. The Kier molecular flexibility index (Phi) is 3.06. The van der Waals surface area contributed by atoms with Gasteiger partial charge in [0.1, 0.15) is 5.82 Å². The number of anilines is 1. The predicted octanol–water partition coefficient (Wildman–Crippen LogP) is 3.32. The predicted molar refractivity (Wildman–Crippen MR) is 60.5 cm³/mol. The number of rotatable bonds is 2. The largest absolute Gasteiger partial charge is 0.371 e. The van der Waals surface area contributed by atoms with Crippen molar-refractivity contribution in [3.8, 4) is 0 Å². The lowest BCUT2D eigenvalue weighted by atomic mass is 10.2. The minimum Gasteiger partial charge on any atom is -0.371 e. The van der Waals surface area contributed by atoms with Gasteiger partial charge in [0.05, 0.1) is 0 Å². The molecule has 0 bridgehead atoms. The van der Waals surface area contributed by atoms with Crippen molar-refractivity contribution in [1.29, 1.82) is 0 Å². The fourth-order valence-electron chi connectivity index (χ4n) is 1.93. The van der Waals surface area contributed by atoms with Crippen LogP contribution in [0.2, 0.25) is 0 Å². The fraction of sp³-hybridized carbons (Fsp3) is 0.455. The minimum atomic E-state index is -0.151. The van der Waals surface area contributed by atoms with Gasteiger partial charge in [-0.05, 0) is 36.6 Å². The van der Waals surface area contributed by atoms with E-state index >= 15 is 0 Å². The molecular weight excluding hydrogens is 245 g/mol. The van der Waals surface area contributed by atoms with Gasteiger partial charge in [-0.15, -0.1) is 0 Å². The molecule has 0 saturated carbocycles. The third kappa shape index (κ3) is 1.92. The van der Waals surface area contributed by atoms with Crippen molar-refractivity contribution >= 4 is 21.6 Å². The van der Waals surface area contributed by atoms with Gasteiger partial charge >= 0.3 is 0 Å². The van der Waals surface area contributed by atoms with Crippen molar-refractivity contribution in [2.45, 2.75) is 18.2 Å². The first-order valence-electron chi connectivity index (χ1n) is 4.90. The highest BCUT2D eigenvalue weighted by molar-refractivity contribution is 9.08. The second-order valence-corrected chi connectivity index (χ2v) is 4.16. The van der Waals surface area contributed by atoms with Crippen LogP contribution < -0.4 is 4.90 Å². The molecule has 3 heteroatoms. The Morgan fingerprint density at radius 3 is 2.64 bits per heavy atom. The van der Waals surface area contributed by atoms with E-state index in [-0.39, 0.29) is 5.82 Å². The van der Waals surface area contributed by atoms with Gasteiger partial charge in [-0.3, -0.25) is 0 Å². The summed E-state index contributed by atoms with van der Waals surface area (Å²) in [5.74, 6) is -0.151. The topological polar surface area (TPSA) is 3.24 Å². The van der Waals surface area contributed by atoms with Crippen LogP contribution in [0, 0.1) is 5.82 Å². The molecular formula is C11H13BrFN. The molecule has 0 N–H and O–H groups in total. The van der Waals surface area contributed by atoms with Crippen LogP contribution in [0.4, 0.5) is 10.1 Å². The molecule has 0 spiro atoms. The summed E-state index contributed by atoms with van der Waals surface area (Å²) in [6.45, 7) is 2.21. The van der Waals surface area contributed by atoms with Crippen molar-refractivity contribution < 1.29 is 4.39 Å². The molecule has 0 radical (unpaired) electrons. The second-order valence-electron chi connectivity index (χ2n) is 3.60. The molecule has 0 aliphatic carbocycles. The highest BCUT2D eigenvalue weighted by atomic mass is 79.9. The minimum absolute atomic E-state index is 0.151. The summed E-state index contributed by atoms with van der Waals surface area (Å²) >= 11 is 3.40. The number of nitrogens with zero attached hydrogens (tertiary/aromatic N) is 1. The van der Waals surface area contributed by atoms with E-state index in [1.807, 2.05) is 6.07 Å². The molecule has 0 aromatic heterocycles. The zero-order valence-electron chi connectivity index (χ0n) is 7.97. The molecule has 1 fully saturated rings.